The lowest BCUT2D eigenvalue weighted by molar-refractivity contribution is -0.137. The Morgan fingerprint density at radius 3 is 2.24 bits per heavy atom. The molecule has 0 aromatic rings. The molecule has 0 aromatic carbocycles. The minimum Gasteiger partial charge on any atom is -0.481 e. The van der Waals surface area contributed by atoms with Crippen LogP contribution in [0.1, 0.15) is 33.1 Å². The zero-order chi connectivity index (χ0) is 13.4. The highest BCUT2D eigenvalue weighted by atomic mass is 16.4. The predicted molar refractivity (Wildman–Crippen MR) is 66.9 cm³/mol. The van der Waals surface area contributed by atoms with E-state index in [2.05, 4.69) is 0 Å². The van der Waals surface area contributed by atoms with E-state index in [1.807, 2.05) is 37.7 Å². The molecule has 5 heteroatoms. The number of nitrogens with zero attached hydrogens (tertiary/aromatic N) is 2. The van der Waals surface area contributed by atoms with E-state index in [1.54, 1.807) is 0 Å². The van der Waals surface area contributed by atoms with Crippen LogP contribution in [0.3, 0.4) is 0 Å². The number of likely N-dealkylation sites (N-methyl/N-ethyl adjacent to an activating group) is 2. The van der Waals surface area contributed by atoms with Crippen molar-refractivity contribution in [3.8, 4) is 0 Å². The first kappa shape index (κ1) is 15.9. The van der Waals surface area contributed by atoms with Gasteiger partial charge in [-0.15, -0.1) is 0 Å². The molecular weight excluding hydrogens is 220 g/mol. The molecule has 0 rings (SSSR count). The van der Waals surface area contributed by atoms with E-state index in [0.717, 1.165) is 6.54 Å². The molecule has 0 spiro atoms. The molecule has 0 aliphatic carbocycles. The van der Waals surface area contributed by atoms with Gasteiger partial charge in [-0.1, -0.05) is 0 Å². The molecule has 0 bridgehead atoms. The number of carboxylic acids is 1. The monoisotopic (exact) mass is 244 g/mol. The summed E-state index contributed by atoms with van der Waals surface area (Å²) in [6, 6.07) is 0.160. The van der Waals surface area contributed by atoms with Gasteiger partial charge >= 0.3 is 5.97 Å². The van der Waals surface area contributed by atoms with Gasteiger partial charge in [0.25, 0.3) is 0 Å². The molecule has 0 aliphatic rings. The molecule has 1 atom stereocenters. The van der Waals surface area contributed by atoms with Crippen molar-refractivity contribution in [2.24, 2.45) is 0 Å². The van der Waals surface area contributed by atoms with E-state index < -0.39 is 5.97 Å². The first-order valence-corrected chi connectivity index (χ1v) is 6.04. The molecule has 1 unspecified atom stereocenters. The fourth-order valence-corrected chi connectivity index (χ4v) is 1.90. The van der Waals surface area contributed by atoms with Gasteiger partial charge in [-0.3, -0.25) is 9.59 Å². The number of hydrogen-bond acceptors (Lipinski definition) is 3. The van der Waals surface area contributed by atoms with E-state index >= 15 is 0 Å². The number of carbonyl (C=O) groups excluding carboxylic acids is 1. The second kappa shape index (κ2) is 8.06. The first-order valence-electron chi connectivity index (χ1n) is 6.04. The van der Waals surface area contributed by atoms with Crippen molar-refractivity contribution >= 4 is 11.9 Å². The van der Waals surface area contributed by atoms with Gasteiger partial charge in [0.15, 0.2) is 0 Å². The molecule has 0 fully saturated rings. The van der Waals surface area contributed by atoms with Gasteiger partial charge in [0, 0.05) is 32.0 Å². The Bertz CT molecular complexity index is 254. The quantitative estimate of drug-likeness (QED) is 0.693. The zero-order valence-corrected chi connectivity index (χ0v) is 11.3. The summed E-state index contributed by atoms with van der Waals surface area (Å²) < 4.78 is 0. The van der Waals surface area contributed by atoms with E-state index in [9.17, 15) is 9.59 Å². The highest BCUT2D eigenvalue weighted by Gasteiger charge is 2.18. The van der Waals surface area contributed by atoms with Crippen molar-refractivity contribution < 1.29 is 14.7 Å². The molecule has 1 N–H and O–H groups in total. The molecule has 0 aromatic heterocycles. The van der Waals surface area contributed by atoms with Crippen LogP contribution in [0.4, 0.5) is 0 Å². The Balaban J connectivity index is 4.15. The van der Waals surface area contributed by atoms with E-state index in [0.29, 0.717) is 19.4 Å². The summed E-state index contributed by atoms with van der Waals surface area (Å²) in [5, 5.41) is 8.52. The minimum absolute atomic E-state index is 0.0445. The molecular formula is C12H24N2O3. The standard InChI is InChI=1S/C12H24N2O3/c1-5-14(10(2)9-13(3)4)11(15)7-6-8-12(16)17/h10H,5-9H2,1-4H3,(H,16,17). The van der Waals surface area contributed by atoms with Gasteiger partial charge in [-0.05, 0) is 34.4 Å². The summed E-state index contributed by atoms with van der Waals surface area (Å²) >= 11 is 0. The second-order valence-corrected chi connectivity index (χ2v) is 4.54. The van der Waals surface area contributed by atoms with Crippen LogP contribution in [0.25, 0.3) is 0 Å². The Labute approximate surface area is 103 Å². The van der Waals surface area contributed by atoms with Gasteiger partial charge in [0.2, 0.25) is 5.91 Å². The Morgan fingerprint density at radius 2 is 1.82 bits per heavy atom. The number of amides is 1. The van der Waals surface area contributed by atoms with Crippen molar-refractivity contribution in [1.82, 2.24) is 9.80 Å². The van der Waals surface area contributed by atoms with Gasteiger partial charge in [-0.25, -0.2) is 0 Å². The average molecular weight is 244 g/mol. The van der Waals surface area contributed by atoms with Crippen molar-refractivity contribution in [2.75, 3.05) is 27.2 Å². The van der Waals surface area contributed by atoms with E-state index in [4.69, 9.17) is 5.11 Å². The third kappa shape index (κ3) is 6.94. The summed E-state index contributed by atoms with van der Waals surface area (Å²) in [5.41, 5.74) is 0. The third-order valence-corrected chi connectivity index (χ3v) is 2.60. The fourth-order valence-electron chi connectivity index (χ4n) is 1.90. The summed E-state index contributed by atoms with van der Waals surface area (Å²) in [6.45, 7) is 5.44. The maximum atomic E-state index is 11.9. The van der Waals surface area contributed by atoms with Crippen LogP contribution < -0.4 is 0 Å². The largest absolute Gasteiger partial charge is 0.481 e. The predicted octanol–water partition coefficient (Wildman–Crippen LogP) is 1.04. The summed E-state index contributed by atoms with van der Waals surface area (Å²) in [4.78, 5) is 26.1. The van der Waals surface area contributed by atoms with E-state index in [-0.39, 0.29) is 18.4 Å². The van der Waals surface area contributed by atoms with Crippen LogP contribution in [0.5, 0.6) is 0 Å². The van der Waals surface area contributed by atoms with E-state index in [1.165, 1.54) is 0 Å². The SMILES string of the molecule is CCN(C(=O)CCCC(=O)O)C(C)CN(C)C. The third-order valence-electron chi connectivity index (χ3n) is 2.60. The van der Waals surface area contributed by atoms with Crippen LogP contribution in [0.2, 0.25) is 0 Å². The fraction of sp³-hybridized carbons (Fsp3) is 0.833. The van der Waals surface area contributed by atoms with Crippen LogP contribution in [0, 0.1) is 0 Å². The summed E-state index contributed by atoms with van der Waals surface area (Å²) in [6.07, 6.45) is 0.794. The Hall–Kier alpha value is -1.10. The molecule has 0 saturated carbocycles. The molecule has 1 amide bonds. The maximum Gasteiger partial charge on any atom is 0.303 e. The van der Waals surface area contributed by atoms with Crippen molar-refractivity contribution in [3.05, 3.63) is 0 Å². The molecule has 0 aliphatic heterocycles. The summed E-state index contributed by atoms with van der Waals surface area (Å²) in [5.74, 6) is -0.801. The van der Waals surface area contributed by atoms with Crippen molar-refractivity contribution in [2.45, 2.75) is 39.2 Å². The smallest absolute Gasteiger partial charge is 0.303 e. The van der Waals surface area contributed by atoms with Crippen molar-refractivity contribution in [1.29, 1.82) is 0 Å². The highest BCUT2D eigenvalue weighted by Crippen LogP contribution is 2.06. The number of hydrogen-bond donors (Lipinski definition) is 1. The lowest BCUT2D eigenvalue weighted by atomic mass is 10.2. The number of carboxylic acid groups (broad SMARTS) is 1. The maximum absolute atomic E-state index is 11.9. The van der Waals surface area contributed by atoms with Crippen LogP contribution in [-0.2, 0) is 9.59 Å². The van der Waals surface area contributed by atoms with Crippen molar-refractivity contribution in [3.63, 3.8) is 0 Å². The summed E-state index contributed by atoms with van der Waals surface area (Å²) in [7, 11) is 3.94. The highest BCUT2D eigenvalue weighted by molar-refractivity contribution is 5.77. The number of aliphatic carboxylic acids is 1. The normalized spacial score (nSPS) is 12.5. The van der Waals surface area contributed by atoms with Gasteiger partial charge in [-0.2, -0.15) is 0 Å². The number of carbonyl (C=O) groups is 2. The lowest BCUT2D eigenvalue weighted by Crippen LogP contribution is -2.43. The number of rotatable bonds is 8. The topological polar surface area (TPSA) is 60.9 Å². The second-order valence-electron chi connectivity index (χ2n) is 4.54. The molecule has 0 radical (unpaired) electrons. The molecule has 17 heavy (non-hydrogen) atoms. The lowest BCUT2D eigenvalue weighted by Gasteiger charge is -2.30. The van der Waals surface area contributed by atoms with Gasteiger partial charge in [0.1, 0.15) is 0 Å². The van der Waals surface area contributed by atoms with Crippen LogP contribution in [0.15, 0.2) is 0 Å². The first-order chi connectivity index (χ1) is 7.88. The minimum atomic E-state index is -0.845. The molecule has 100 valence electrons. The molecule has 5 nitrogen and oxygen atoms in total. The van der Waals surface area contributed by atoms with Gasteiger partial charge in [0.05, 0.1) is 0 Å². The van der Waals surface area contributed by atoms with Gasteiger partial charge < -0.3 is 14.9 Å². The Kier molecular flexibility index (Phi) is 7.54. The van der Waals surface area contributed by atoms with Crippen LogP contribution in [-0.4, -0.2) is 60.0 Å². The molecule has 0 heterocycles. The zero-order valence-electron chi connectivity index (χ0n) is 11.3. The average Bonchev–Trinajstić information content (AvgIpc) is 2.16. The Morgan fingerprint density at radius 1 is 1.24 bits per heavy atom. The molecule has 0 saturated heterocycles. The van der Waals surface area contributed by atoms with Crippen LogP contribution >= 0.6 is 0 Å².